The fourth-order valence-corrected chi connectivity index (χ4v) is 2.59. The molecule has 0 fully saturated rings. The first-order valence-corrected chi connectivity index (χ1v) is 7.78. The molecule has 2 rings (SSSR count). The largest absolute Gasteiger partial charge is 0.486 e. The molecule has 0 aliphatic rings. The third-order valence-electron chi connectivity index (χ3n) is 2.74. The first-order chi connectivity index (χ1) is 10.5. The van der Waals surface area contributed by atoms with Crippen molar-refractivity contribution < 1.29 is 14.6 Å². The minimum Gasteiger partial charge on any atom is -0.486 e. The molecule has 0 unspecified atom stereocenters. The van der Waals surface area contributed by atoms with Crippen LogP contribution in [0.3, 0.4) is 0 Å². The highest BCUT2D eigenvalue weighted by atomic mass is 79.9. The number of rotatable bonds is 5. The normalized spacial score (nSPS) is 10.9. The van der Waals surface area contributed by atoms with Crippen molar-refractivity contribution in [1.29, 1.82) is 0 Å². The first kappa shape index (κ1) is 16.9. The lowest BCUT2D eigenvalue weighted by Gasteiger charge is -2.11. The molecule has 0 aromatic heterocycles. The predicted octanol–water partition coefficient (Wildman–Crippen LogP) is 5.43. The van der Waals surface area contributed by atoms with Crippen LogP contribution in [0.5, 0.6) is 5.75 Å². The van der Waals surface area contributed by atoms with Gasteiger partial charge in [0.2, 0.25) is 0 Å². The van der Waals surface area contributed by atoms with E-state index in [0.717, 1.165) is 16.1 Å². The molecule has 0 spiro atoms. The van der Waals surface area contributed by atoms with Gasteiger partial charge in [-0.05, 0) is 41.5 Å². The highest BCUT2D eigenvalue weighted by Gasteiger charge is 2.09. The quantitative estimate of drug-likeness (QED) is 0.679. The molecule has 22 heavy (non-hydrogen) atoms. The van der Waals surface area contributed by atoms with E-state index in [-0.39, 0.29) is 0 Å². The molecule has 3 nitrogen and oxygen atoms in total. The van der Waals surface area contributed by atoms with Gasteiger partial charge in [-0.2, -0.15) is 0 Å². The maximum atomic E-state index is 10.5. The summed E-state index contributed by atoms with van der Waals surface area (Å²) in [5.41, 5.74) is 1.57. The highest BCUT2D eigenvalue weighted by molar-refractivity contribution is 9.10. The molecule has 1 N–H and O–H groups in total. The molecule has 0 heterocycles. The molecule has 114 valence electrons. The van der Waals surface area contributed by atoms with Crippen LogP contribution in [0, 0.1) is 0 Å². The molecule has 0 saturated carbocycles. The van der Waals surface area contributed by atoms with E-state index in [0.29, 0.717) is 28.0 Å². The average Bonchev–Trinajstić information content (AvgIpc) is 2.46. The van der Waals surface area contributed by atoms with Crippen molar-refractivity contribution in [3.63, 3.8) is 0 Å². The zero-order valence-electron chi connectivity index (χ0n) is 11.2. The zero-order valence-corrected chi connectivity index (χ0v) is 14.3. The fraction of sp³-hybridized carbons (Fsp3) is 0.0625. The van der Waals surface area contributed by atoms with E-state index in [1.165, 1.54) is 6.08 Å². The minimum absolute atomic E-state index is 0.328. The second-order valence-electron chi connectivity index (χ2n) is 4.40. The Morgan fingerprint density at radius 1 is 1.18 bits per heavy atom. The van der Waals surface area contributed by atoms with Crippen molar-refractivity contribution >= 4 is 51.2 Å². The molecule has 0 radical (unpaired) electrons. The van der Waals surface area contributed by atoms with Crippen LogP contribution in [-0.2, 0) is 11.4 Å². The molecule has 0 saturated heterocycles. The number of carbonyl (C=O) groups is 1. The summed E-state index contributed by atoms with van der Waals surface area (Å²) < 4.78 is 6.64. The standard InChI is InChI=1S/C16H11BrCl2O3/c17-12-4-1-10(2-5-12)9-22-16-13(18)7-11(8-14(16)19)3-6-15(20)21/h1-8H,9H2,(H,20,21)/b6-3+. The van der Waals surface area contributed by atoms with Gasteiger partial charge in [0, 0.05) is 10.5 Å². The molecule has 2 aromatic rings. The third-order valence-corrected chi connectivity index (χ3v) is 3.83. The lowest BCUT2D eigenvalue weighted by molar-refractivity contribution is -0.131. The summed E-state index contributed by atoms with van der Waals surface area (Å²) in [5.74, 6) is -0.665. The number of benzene rings is 2. The molecule has 0 bridgehead atoms. The molecule has 0 aliphatic carbocycles. The summed E-state index contributed by atoms with van der Waals surface area (Å²) in [5, 5.41) is 9.27. The fourth-order valence-electron chi connectivity index (χ4n) is 1.72. The summed E-state index contributed by atoms with van der Waals surface area (Å²) in [6, 6.07) is 10.9. The van der Waals surface area contributed by atoms with Crippen molar-refractivity contribution in [3.05, 3.63) is 68.1 Å². The third kappa shape index (κ3) is 4.77. The predicted molar refractivity (Wildman–Crippen MR) is 91.6 cm³/mol. The molecular weight excluding hydrogens is 391 g/mol. The first-order valence-electron chi connectivity index (χ1n) is 6.23. The molecule has 0 aliphatic heterocycles. The van der Waals surface area contributed by atoms with Crippen molar-refractivity contribution in [2.24, 2.45) is 0 Å². The number of hydrogen-bond acceptors (Lipinski definition) is 2. The van der Waals surface area contributed by atoms with Crippen LogP contribution in [0.4, 0.5) is 0 Å². The van der Waals surface area contributed by atoms with Gasteiger partial charge in [0.25, 0.3) is 0 Å². The molecule has 2 aromatic carbocycles. The van der Waals surface area contributed by atoms with Crippen LogP contribution in [0.15, 0.2) is 46.9 Å². The molecule has 0 atom stereocenters. The van der Waals surface area contributed by atoms with Crippen molar-refractivity contribution in [3.8, 4) is 5.75 Å². The maximum absolute atomic E-state index is 10.5. The SMILES string of the molecule is O=C(O)/C=C/c1cc(Cl)c(OCc2ccc(Br)cc2)c(Cl)c1. The van der Waals surface area contributed by atoms with Gasteiger partial charge in [-0.1, -0.05) is 51.3 Å². The van der Waals surface area contributed by atoms with Crippen molar-refractivity contribution in [1.82, 2.24) is 0 Å². The summed E-state index contributed by atoms with van der Waals surface area (Å²) in [6.07, 6.45) is 2.43. The Kier molecular flexibility index (Phi) is 5.89. The summed E-state index contributed by atoms with van der Waals surface area (Å²) >= 11 is 15.7. The number of aliphatic carboxylic acids is 1. The average molecular weight is 402 g/mol. The number of carboxylic acids is 1. The van der Waals surface area contributed by atoms with Gasteiger partial charge < -0.3 is 9.84 Å². The molecular formula is C16H11BrCl2O3. The van der Waals surface area contributed by atoms with E-state index in [1.54, 1.807) is 12.1 Å². The van der Waals surface area contributed by atoms with Crippen LogP contribution >= 0.6 is 39.1 Å². The Morgan fingerprint density at radius 3 is 2.32 bits per heavy atom. The van der Waals surface area contributed by atoms with Gasteiger partial charge >= 0.3 is 5.97 Å². The van der Waals surface area contributed by atoms with Crippen LogP contribution in [-0.4, -0.2) is 11.1 Å². The lowest BCUT2D eigenvalue weighted by Crippen LogP contribution is -1.97. The van der Waals surface area contributed by atoms with Gasteiger partial charge in [-0.25, -0.2) is 4.79 Å². The Bertz CT molecular complexity index is 689. The van der Waals surface area contributed by atoms with E-state index < -0.39 is 5.97 Å². The zero-order chi connectivity index (χ0) is 16.1. The van der Waals surface area contributed by atoms with Crippen LogP contribution in [0.1, 0.15) is 11.1 Å². The summed E-state index contributed by atoms with van der Waals surface area (Å²) in [4.78, 5) is 10.5. The monoisotopic (exact) mass is 400 g/mol. The van der Waals surface area contributed by atoms with E-state index >= 15 is 0 Å². The van der Waals surface area contributed by atoms with Gasteiger partial charge in [-0.15, -0.1) is 0 Å². The maximum Gasteiger partial charge on any atom is 0.328 e. The summed E-state index contributed by atoms with van der Waals surface area (Å²) in [6.45, 7) is 0.330. The second kappa shape index (κ2) is 7.68. The van der Waals surface area contributed by atoms with Gasteiger partial charge in [0.05, 0.1) is 10.0 Å². The van der Waals surface area contributed by atoms with E-state index in [1.807, 2.05) is 24.3 Å². The Morgan fingerprint density at radius 2 is 1.77 bits per heavy atom. The Hall–Kier alpha value is -1.49. The van der Waals surface area contributed by atoms with Crippen LogP contribution in [0.25, 0.3) is 6.08 Å². The van der Waals surface area contributed by atoms with Gasteiger partial charge in [-0.3, -0.25) is 0 Å². The Balaban J connectivity index is 2.14. The lowest BCUT2D eigenvalue weighted by atomic mass is 10.2. The minimum atomic E-state index is -1.04. The van der Waals surface area contributed by atoms with Crippen molar-refractivity contribution in [2.75, 3.05) is 0 Å². The number of carboxylic acid groups (broad SMARTS) is 1. The second-order valence-corrected chi connectivity index (χ2v) is 6.13. The number of halogens is 3. The number of hydrogen-bond donors (Lipinski definition) is 1. The highest BCUT2D eigenvalue weighted by Crippen LogP contribution is 2.35. The van der Waals surface area contributed by atoms with E-state index in [4.69, 9.17) is 33.0 Å². The Labute approximate surface area is 146 Å². The smallest absolute Gasteiger partial charge is 0.328 e. The van der Waals surface area contributed by atoms with Gasteiger partial charge in [0.1, 0.15) is 6.61 Å². The van der Waals surface area contributed by atoms with Crippen LogP contribution < -0.4 is 4.74 Å². The summed E-state index contributed by atoms with van der Waals surface area (Å²) in [7, 11) is 0. The van der Waals surface area contributed by atoms with E-state index in [2.05, 4.69) is 15.9 Å². The van der Waals surface area contributed by atoms with Crippen LogP contribution in [0.2, 0.25) is 10.0 Å². The molecule has 6 heteroatoms. The number of ether oxygens (including phenoxy) is 1. The van der Waals surface area contributed by atoms with E-state index in [9.17, 15) is 4.79 Å². The topological polar surface area (TPSA) is 46.5 Å². The van der Waals surface area contributed by atoms with Gasteiger partial charge in [0.15, 0.2) is 5.75 Å². The molecule has 0 amide bonds. The van der Waals surface area contributed by atoms with Crippen molar-refractivity contribution in [2.45, 2.75) is 6.61 Å².